The zero-order valence-electron chi connectivity index (χ0n) is 10.6. The lowest BCUT2D eigenvalue weighted by molar-refractivity contribution is 0.0696. The lowest BCUT2D eigenvalue weighted by atomic mass is 10.00. The molecule has 0 unspecified atom stereocenters. The molecule has 0 saturated carbocycles. The molecule has 0 amide bonds. The first-order valence-electron chi connectivity index (χ1n) is 5.71. The van der Waals surface area contributed by atoms with E-state index in [4.69, 9.17) is 9.84 Å². The van der Waals surface area contributed by atoms with E-state index in [0.29, 0.717) is 5.56 Å². The summed E-state index contributed by atoms with van der Waals surface area (Å²) in [5.74, 6) is -0.136. The third-order valence-corrected chi connectivity index (χ3v) is 3.56. The number of halogens is 1. The number of carboxylic acids is 1. The van der Waals surface area contributed by atoms with Crippen LogP contribution < -0.4 is 4.74 Å². The molecule has 0 heterocycles. The van der Waals surface area contributed by atoms with Gasteiger partial charge in [-0.05, 0) is 57.7 Å². The van der Waals surface area contributed by atoms with Gasteiger partial charge >= 0.3 is 5.97 Å². The second-order valence-corrected chi connectivity index (χ2v) is 5.04. The summed E-state index contributed by atoms with van der Waals surface area (Å²) in [6.07, 6.45) is 0. The van der Waals surface area contributed by atoms with Crippen molar-refractivity contribution >= 4 is 21.9 Å². The predicted molar refractivity (Wildman–Crippen MR) is 77.8 cm³/mol. The van der Waals surface area contributed by atoms with Gasteiger partial charge in [-0.15, -0.1) is 0 Å². The molecule has 0 spiro atoms. The molecule has 4 heteroatoms. The second kappa shape index (κ2) is 5.45. The first-order valence-corrected chi connectivity index (χ1v) is 6.50. The lowest BCUT2D eigenvalue weighted by Gasteiger charge is -2.08. The molecule has 0 bridgehead atoms. The molecule has 1 N–H and O–H groups in total. The summed E-state index contributed by atoms with van der Waals surface area (Å²) < 4.78 is 6.05. The minimum absolute atomic E-state index is 0.330. The molecule has 0 fully saturated rings. The maximum Gasteiger partial charge on any atom is 0.335 e. The van der Waals surface area contributed by atoms with Crippen molar-refractivity contribution in [3.8, 4) is 16.9 Å². The highest BCUT2D eigenvalue weighted by molar-refractivity contribution is 9.10. The number of ether oxygens (including phenoxy) is 1. The Morgan fingerprint density at radius 3 is 2.32 bits per heavy atom. The summed E-state index contributed by atoms with van der Waals surface area (Å²) in [7, 11) is 1.62. The molecule has 98 valence electrons. The minimum Gasteiger partial charge on any atom is -0.496 e. The smallest absolute Gasteiger partial charge is 0.335 e. The monoisotopic (exact) mass is 320 g/mol. The highest BCUT2D eigenvalue weighted by Crippen LogP contribution is 2.31. The van der Waals surface area contributed by atoms with E-state index in [0.717, 1.165) is 26.9 Å². The molecule has 2 aromatic carbocycles. The minimum atomic E-state index is -0.903. The van der Waals surface area contributed by atoms with Crippen LogP contribution in [-0.4, -0.2) is 18.2 Å². The topological polar surface area (TPSA) is 46.5 Å². The quantitative estimate of drug-likeness (QED) is 0.924. The molecule has 0 atom stereocenters. The molecule has 2 rings (SSSR count). The highest BCUT2D eigenvalue weighted by atomic mass is 79.9. The van der Waals surface area contributed by atoms with Crippen molar-refractivity contribution in [2.45, 2.75) is 6.92 Å². The van der Waals surface area contributed by atoms with Crippen molar-refractivity contribution in [3.63, 3.8) is 0 Å². The largest absolute Gasteiger partial charge is 0.496 e. The number of aromatic carboxylic acids is 1. The number of benzene rings is 2. The summed E-state index contributed by atoms with van der Waals surface area (Å²) in [5.41, 5.74) is 3.06. The third kappa shape index (κ3) is 2.79. The van der Waals surface area contributed by atoms with Gasteiger partial charge in [0.05, 0.1) is 17.1 Å². The van der Waals surface area contributed by atoms with Gasteiger partial charge in [0, 0.05) is 0 Å². The summed E-state index contributed by atoms with van der Waals surface area (Å²) >= 11 is 3.44. The van der Waals surface area contributed by atoms with Crippen LogP contribution in [0.4, 0.5) is 0 Å². The van der Waals surface area contributed by atoms with Gasteiger partial charge in [-0.2, -0.15) is 0 Å². The van der Waals surface area contributed by atoms with Crippen LogP contribution in [0.5, 0.6) is 5.75 Å². The van der Waals surface area contributed by atoms with Crippen molar-refractivity contribution in [1.29, 1.82) is 0 Å². The highest BCUT2D eigenvalue weighted by Gasteiger charge is 2.09. The molecular weight excluding hydrogens is 308 g/mol. The number of hydrogen-bond acceptors (Lipinski definition) is 2. The van der Waals surface area contributed by atoms with Gasteiger partial charge in [0.2, 0.25) is 0 Å². The average Bonchev–Trinajstić information content (AvgIpc) is 2.38. The van der Waals surface area contributed by atoms with Crippen LogP contribution in [0.2, 0.25) is 0 Å². The Balaban J connectivity index is 2.45. The van der Waals surface area contributed by atoms with Gasteiger partial charge in [-0.25, -0.2) is 4.79 Å². The van der Waals surface area contributed by atoms with Gasteiger partial charge in [-0.1, -0.05) is 18.2 Å². The number of methoxy groups -OCH3 is 1. The predicted octanol–water partition coefficient (Wildman–Crippen LogP) is 4.13. The first kappa shape index (κ1) is 13.6. The van der Waals surface area contributed by atoms with E-state index >= 15 is 0 Å². The number of carboxylic acid groups (broad SMARTS) is 1. The second-order valence-electron chi connectivity index (χ2n) is 4.18. The zero-order chi connectivity index (χ0) is 14.0. The number of carbonyl (C=O) groups is 1. The molecule has 2 aromatic rings. The van der Waals surface area contributed by atoms with Crippen LogP contribution in [0.3, 0.4) is 0 Å². The normalized spacial score (nSPS) is 10.3. The van der Waals surface area contributed by atoms with Crippen molar-refractivity contribution in [2.24, 2.45) is 0 Å². The van der Waals surface area contributed by atoms with Crippen molar-refractivity contribution in [3.05, 3.63) is 52.0 Å². The van der Waals surface area contributed by atoms with Gasteiger partial charge in [0.1, 0.15) is 5.75 Å². The van der Waals surface area contributed by atoms with Crippen LogP contribution in [-0.2, 0) is 0 Å². The maximum atomic E-state index is 11.0. The molecule has 0 saturated heterocycles. The van der Waals surface area contributed by atoms with E-state index in [9.17, 15) is 4.79 Å². The molecular formula is C15H13BrO3. The summed E-state index contributed by atoms with van der Waals surface area (Å²) in [6.45, 7) is 1.80. The molecule has 0 aliphatic carbocycles. The van der Waals surface area contributed by atoms with E-state index in [-0.39, 0.29) is 0 Å². The van der Waals surface area contributed by atoms with Gasteiger partial charge in [-0.3, -0.25) is 0 Å². The van der Waals surface area contributed by atoms with Crippen LogP contribution in [0, 0.1) is 6.92 Å². The van der Waals surface area contributed by atoms with Crippen molar-refractivity contribution in [2.75, 3.05) is 7.11 Å². The lowest BCUT2D eigenvalue weighted by Crippen LogP contribution is -1.99. The molecule has 0 aliphatic heterocycles. The van der Waals surface area contributed by atoms with E-state index < -0.39 is 5.97 Å². The fourth-order valence-corrected chi connectivity index (χ4v) is 2.47. The first-order chi connectivity index (χ1) is 9.02. The molecule has 0 aromatic heterocycles. The van der Waals surface area contributed by atoms with E-state index in [1.807, 2.05) is 30.3 Å². The van der Waals surface area contributed by atoms with Crippen LogP contribution in [0.15, 0.2) is 40.9 Å². The van der Waals surface area contributed by atoms with Crippen LogP contribution in [0.1, 0.15) is 15.9 Å². The summed E-state index contributed by atoms with van der Waals surface area (Å²) in [6, 6.07) is 11.1. The number of aryl methyl sites for hydroxylation is 1. The molecule has 0 radical (unpaired) electrons. The summed E-state index contributed by atoms with van der Waals surface area (Å²) in [4.78, 5) is 11.0. The van der Waals surface area contributed by atoms with Crippen LogP contribution >= 0.6 is 15.9 Å². The molecule has 3 nitrogen and oxygen atoms in total. The number of hydrogen-bond donors (Lipinski definition) is 1. The Morgan fingerprint density at radius 2 is 1.79 bits per heavy atom. The third-order valence-electron chi connectivity index (χ3n) is 2.94. The van der Waals surface area contributed by atoms with Crippen molar-refractivity contribution < 1.29 is 14.6 Å². The van der Waals surface area contributed by atoms with E-state index in [1.54, 1.807) is 20.1 Å². The molecule has 19 heavy (non-hydrogen) atoms. The number of rotatable bonds is 3. The van der Waals surface area contributed by atoms with Gasteiger partial charge in [0.15, 0.2) is 0 Å². The Labute approximate surface area is 120 Å². The van der Waals surface area contributed by atoms with Crippen molar-refractivity contribution in [1.82, 2.24) is 0 Å². The van der Waals surface area contributed by atoms with Gasteiger partial charge in [0.25, 0.3) is 0 Å². The average molecular weight is 321 g/mol. The van der Waals surface area contributed by atoms with E-state index in [1.165, 1.54) is 0 Å². The Morgan fingerprint density at radius 1 is 1.16 bits per heavy atom. The van der Waals surface area contributed by atoms with Gasteiger partial charge < -0.3 is 9.84 Å². The maximum absolute atomic E-state index is 11.0. The Hall–Kier alpha value is -1.81. The fraction of sp³-hybridized carbons (Fsp3) is 0.133. The SMILES string of the molecule is COc1ccc(-c2ccc(C(=O)O)c(C)c2)cc1Br. The Kier molecular flexibility index (Phi) is 3.90. The molecule has 0 aliphatic rings. The van der Waals surface area contributed by atoms with E-state index in [2.05, 4.69) is 15.9 Å². The standard InChI is InChI=1S/C15H13BrO3/c1-9-7-10(3-5-12(9)15(17)18)11-4-6-14(19-2)13(16)8-11/h3-8H,1-2H3,(H,17,18). The zero-order valence-corrected chi connectivity index (χ0v) is 12.2. The summed E-state index contributed by atoms with van der Waals surface area (Å²) in [5, 5.41) is 9.02. The fourth-order valence-electron chi connectivity index (χ4n) is 1.93. The van der Waals surface area contributed by atoms with Crippen LogP contribution in [0.25, 0.3) is 11.1 Å². The Bertz CT molecular complexity index is 635.